The topological polar surface area (TPSA) is 68.9 Å². The Hall–Kier alpha value is -2.23. The second-order valence-electron chi connectivity index (χ2n) is 4.38. The van der Waals surface area contributed by atoms with Gasteiger partial charge in [-0.15, -0.1) is 0 Å². The van der Waals surface area contributed by atoms with Crippen LogP contribution in [0.2, 0.25) is 0 Å². The molecule has 2 rings (SSSR count). The minimum absolute atomic E-state index is 0.0585. The van der Waals surface area contributed by atoms with Gasteiger partial charge in [-0.05, 0) is 44.0 Å². The Morgan fingerprint density at radius 1 is 1.06 bits per heavy atom. The van der Waals surface area contributed by atoms with E-state index in [1.807, 2.05) is 38.1 Å². The Labute approximate surface area is 106 Å². The molecule has 0 saturated carbocycles. The van der Waals surface area contributed by atoms with Gasteiger partial charge in [0.15, 0.2) is 0 Å². The predicted octanol–water partition coefficient (Wildman–Crippen LogP) is 2.17. The molecule has 0 aliphatic heterocycles. The maximum absolute atomic E-state index is 11.2. The fraction of sp³-hybridized carbons (Fsp3) is 0.214. The molecule has 0 spiro atoms. The van der Waals surface area contributed by atoms with Gasteiger partial charge in [0, 0.05) is 11.3 Å². The Morgan fingerprint density at radius 2 is 1.78 bits per heavy atom. The molecule has 18 heavy (non-hydrogen) atoms. The Bertz CT molecular complexity index is 620. The van der Waals surface area contributed by atoms with Gasteiger partial charge in [0.1, 0.15) is 0 Å². The largest absolute Gasteiger partial charge is 0.363 e. The highest BCUT2D eigenvalue weighted by atomic mass is 16.1. The maximum Gasteiger partial charge on any atom is 0.286 e. The van der Waals surface area contributed by atoms with Crippen LogP contribution in [0.1, 0.15) is 27.4 Å². The van der Waals surface area contributed by atoms with Gasteiger partial charge in [-0.2, -0.15) is 0 Å². The van der Waals surface area contributed by atoms with Gasteiger partial charge in [0.25, 0.3) is 5.91 Å². The van der Waals surface area contributed by atoms with Crippen molar-refractivity contribution >= 4 is 5.91 Å². The van der Waals surface area contributed by atoms with Gasteiger partial charge in [-0.25, -0.2) is 9.97 Å². The number of rotatable bonds is 2. The summed E-state index contributed by atoms with van der Waals surface area (Å²) in [4.78, 5) is 19.4. The van der Waals surface area contributed by atoms with Gasteiger partial charge >= 0.3 is 0 Å². The van der Waals surface area contributed by atoms with E-state index in [4.69, 9.17) is 5.73 Å². The second-order valence-corrected chi connectivity index (χ2v) is 4.38. The average Bonchev–Trinajstić information content (AvgIpc) is 2.31. The molecule has 0 radical (unpaired) electrons. The van der Waals surface area contributed by atoms with Gasteiger partial charge in [-0.3, -0.25) is 4.79 Å². The second kappa shape index (κ2) is 4.56. The molecule has 92 valence electrons. The SMILES string of the molecule is Cc1cc(-c2ccc(C)c(C)c2)nc(C(N)=O)n1. The number of amides is 1. The molecule has 4 heteroatoms. The van der Waals surface area contributed by atoms with E-state index in [1.165, 1.54) is 11.1 Å². The van der Waals surface area contributed by atoms with Crippen molar-refractivity contribution in [2.75, 3.05) is 0 Å². The van der Waals surface area contributed by atoms with E-state index in [9.17, 15) is 4.79 Å². The summed E-state index contributed by atoms with van der Waals surface area (Å²) >= 11 is 0. The normalized spacial score (nSPS) is 10.4. The van der Waals surface area contributed by atoms with Crippen molar-refractivity contribution in [3.63, 3.8) is 0 Å². The van der Waals surface area contributed by atoms with Crippen molar-refractivity contribution in [2.45, 2.75) is 20.8 Å². The van der Waals surface area contributed by atoms with E-state index >= 15 is 0 Å². The van der Waals surface area contributed by atoms with E-state index in [0.717, 1.165) is 17.0 Å². The van der Waals surface area contributed by atoms with Crippen LogP contribution in [-0.4, -0.2) is 15.9 Å². The summed E-state index contributed by atoms with van der Waals surface area (Å²) in [5.74, 6) is -0.549. The molecular formula is C14H15N3O. The fourth-order valence-electron chi connectivity index (χ4n) is 1.73. The third-order valence-corrected chi connectivity index (χ3v) is 2.88. The number of carbonyl (C=O) groups is 1. The summed E-state index contributed by atoms with van der Waals surface area (Å²) in [7, 11) is 0. The molecule has 1 amide bonds. The average molecular weight is 241 g/mol. The minimum atomic E-state index is -0.608. The standard InChI is InChI=1S/C14H15N3O/c1-8-4-5-11(6-9(8)2)12-7-10(3)16-14(17-12)13(15)18/h4-7H,1-3H3,(H2,15,18). The van der Waals surface area contributed by atoms with Crippen molar-refractivity contribution in [3.05, 3.63) is 46.9 Å². The third-order valence-electron chi connectivity index (χ3n) is 2.88. The summed E-state index contributed by atoms with van der Waals surface area (Å²) in [5, 5.41) is 0. The quantitative estimate of drug-likeness (QED) is 0.876. The molecule has 0 fully saturated rings. The minimum Gasteiger partial charge on any atom is -0.363 e. The monoisotopic (exact) mass is 241 g/mol. The molecule has 1 aromatic carbocycles. The van der Waals surface area contributed by atoms with Crippen LogP contribution >= 0.6 is 0 Å². The molecule has 2 aromatic rings. The predicted molar refractivity (Wildman–Crippen MR) is 70.2 cm³/mol. The highest BCUT2D eigenvalue weighted by Gasteiger charge is 2.09. The molecule has 0 aliphatic rings. The molecule has 1 aromatic heterocycles. The number of aromatic nitrogens is 2. The van der Waals surface area contributed by atoms with Gasteiger partial charge < -0.3 is 5.73 Å². The van der Waals surface area contributed by atoms with Crippen LogP contribution in [0.25, 0.3) is 11.3 Å². The van der Waals surface area contributed by atoms with Crippen molar-refractivity contribution in [2.24, 2.45) is 5.73 Å². The van der Waals surface area contributed by atoms with Crippen molar-refractivity contribution in [3.8, 4) is 11.3 Å². The summed E-state index contributed by atoms with van der Waals surface area (Å²) in [6.07, 6.45) is 0. The number of nitrogens with zero attached hydrogens (tertiary/aromatic N) is 2. The Kier molecular flexibility index (Phi) is 3.10. The van der Waals surface area contributed by atoms with Crippen molar-refractivity contribution in [1.29, 1.82) is 0 Å². The number of hydrogen-bond donors (Lipinski definition) is 1. The summed E-state index contributed by atoms with van der Waals surface area (Å²) < 4.78 is 0. The molecule has 0 atom stereocenters. The maximum atomic E-state index is 11.2. The number of carbonyl (C=O) groups excluding carboxylic acids is 1. The fourth-order valence-corrected chi connectivity index (χ4v) is 1.73. The number of hydrogen-bond acceptors (Lipinski definition) is 3. The van der Waals surface area contributed by atoms with Crippen molar-refractivity contribution < 1.29 is 4.79 Å². The molecule has 0 saturated heterocycles. The molecule has 2 N–H and O–H groups in total. The van der Waals surface area contributed by atoms with Crippen LogP contribution in [0.15, 0.2) is 24.3 Å². The molecule has 0 unspecified atom stereocenters. The van der Waals surface area contributed by atoms with Crippen LogP contribution in [0.5, 0.6) is 0 Å². The molecule has 0 bridgehead atoms. The van der Waals surface area contributed by atoms with Gasteiger partial charge in [0.2, 0.25) is 5.82 Å². The van der Waals surface area contributed by atoms with E-state index in [2.05, 4.69) is 16.9 Å². The lowest BCUT2D eigenvalue weighted by atomic mass is 10.0. The summed E-state index contributed by atoms with van der Waals surface area (Å²) in [6.45, 7) is 5.92. The van der Waals surface area contributed by atoms with E-state index in [-0.39, 0.29) is 5.82 Å². The molecule has 4 nitrogen and oxygen atoms in total. The molecular weight excluding hydrogens is 226 g/mol. The zero-order valence-electron chi connectivity index (χ0n) is 10.7. The molecule has 1 heterocycles. The number of aryl methyl sites for hydroxylation is 3. The lowest BCUT2D eigenvalue weighted by Crippen LogP contribution is -2.16. The van der Waals surface area contributed by atoms with E-state index < -0.39 is 5.91 Å². The number of primary amides is 1. The van der Waals surface area contributed by atoms with Crippen LogP contribution in [0.3, 0.4) is 0 Å². The number of benzene rings is 1. The zero-order valence-corrected chi connectivity index (χ0v) is 10.7. The van der Waals surface area contributed by atoms with Gasteiger partial charge in [0.05, 0.1) is 5.69 Å². The summed E-state index contributed by atoms with van der Waals surface area (Å²) in [5.41, 5.74) is 10.0. The van der Waals surface area contributed by atoms with Crippen LogP contribution in [0.4, 0.5) is 0 Å². The first-order valence-corrected chi connectivity index (χ1v) is 5.70. The highest BCUT2D eigenvalue weighted by molar-refractivity contribution is 5.89. The first-order valence-electron chi connectivity index (χ1n) is 5.70. The highest BCUT2D eigenvalue weighted by Crippen LogP contribution is 2.20. The first kappa shape index (κ1) is 12.2. The van der Waals surface area contributed by atoms with Gasteiger partial charge in [-0.1, -0.05) is 12.1 Å². The van der Waals surface area contributed by atoms with Crippen molar-refractivity contribution in [1.82, 2.24) is 9.97 Å². The summed E-state index contributed by atoms with van der Waals surface area (Å²) in [6, 6.07) is 7.90. The lowest BCUT2D eigenvalue weighted by Gasteiger charge is -2.06. The van der Waals surface area contributed by atoms with E-state index in [0.29, 0.717) is 0 Å². The van der Waals surface area contributed by atoms with Crippen LogP contribution < -0.4 is 5.73 Å². The zero-order chi connectivity index (χ0) is 13.3. The Morgan fingerprint density at radius 3 is 2.39 bits per heavy atom. The first-order chi connectivity index (χ1) is 8.47. The smallest absolute Gasteiger partial charge is 0.286 e. The van der Waals surface area contributed by atoms with Crippen LogP contribution in [0, 0.1) is 20.8 Å². The van der Waals surface area contributed by atoms with E-state index in [1.54, 1.807) is 0 Å². The molecule has 0 aliphatic carbocycles. The Balaban J connectivity index is 2.56. The lowest BCUT2D eigenvalue weighted by molar-refractivity contribution is 0.0990. The third kappa shape index (κ3) is 2.37. The van der Waals surface area contributed by atoms with Crippen LogP contribution in [-0.2, 0) is 0 Å². The number of nitrogens with two attached hydrogens (primary N) is 1.